The molecule has 1 atom stereocenters. The molecule has 0 heterocycles. The third kappa shape index (κ3) is 10.2. The minimum absolute atomic E-state index is 0.439. The predicted molar refractivity (Wildman–Crippen MR) is 67.5 cm³/mol. The summed E-state index contributed by atoms with van der Waals surface area (Å²) < 4.78 is 11.5. The van der Waals surface area contributed by atoms with E-state index in [0.29, 0.717) is 6.16 Å². The maximum Gasteiger partial charge on any atom is 0.222 e. The monoisotopic (exact) mass is 232 g/mol. The van der Waals surface area contributed by atoms with Crippen molar-refractivity contribution in [3.8, 4) is 0 Å². The molecule has 90 valence electrons. The fourth-order valence-electron chi connectivity index (χ4n) is 1.39. The van der Waals surface area contributed by atoms with Gasteiger partial charge in [0.25, 0.3) is 0 Å². The SMILES string of the molecule is CCCCCCC=CP(=O)(O)CCCC. The van der Waals surface area contributed by atoms with E-state index in [-0.39, 0.29) is 0 Å². The van der Waals surface area contributed by atoms with Crippen molar-refractivity contribution in [2.75, 3.05) is 6.16 Å². The largest absolute Gasteiger partial charge is 0.341 e. The molecule has 2 nitrogen and oxygen atoms in total. The molecular formula is C12H25O2P. The molecule has 0 aromatic heterocycles. The van der Waals surface area contributed by atoms with Crippen molar-refractivity contribution in [3.05, 3.63) is 11.9 Å². The average Bonchev–Trinajstić information content (AvgIpc) is 2.20. The number of hydrogen-bond acceptors (Lipinski definition) is 1. The van der Waals surface area contributed by atoms with Gasteiger partial charge in [-0.15, -0.1) is 0 Å². The smallest absolute Gasteiger partial charge is 0.222 e. The summed E-state index contributed by atoms with van der Waals surface area (Å²) in [6.45, 7) is 4.22. The molecule has 0 aliphatic heterocycles. The van der Waals surface area contributed by atoms with Gasteiger partial charge in [0.2, 0.25) is 7.37 Å². The molecule has 3 heteroatoms. The molecule has 1 unspecified atom stereocenters. The van der Waals surface area contributed by atoms with Crippen molar-refractivity contribution < 1.29 is 9.46 Å². The Morgan fingerprint density at radius 3 is 2.33 bits per heavy atom. The average molecular weight is 232 g/mol. The number of allylic oxidation sites excluding steroid dienone is 1. The second kappa shape index (κ2) is 9.18. The van der Waals surface area contributed by atoms with Gasteiger partial charge in [0, 0.05) is 6.16 Å². The molecule has 0 aliphatic rings. The summed E-state index contributed by atoms with van der Waals surface area (Å²) in [6.07, 6.45) is 9.95. The Morgan fingerprint density at radius 2 is 1.73 bits per heavy atom. The van der Waals surface area contributed by atoms with Gasteiger partial charge < -0.3 is 4.89 Å². The van der Waals surface area contributed by atoms with Gasteiger partial charge in [0.05, 0.1) is 0 Å². The van der Waals surface area contributed by atoms with Crippen LogP contribution in [0.5, 0.6) is 0 Å². The molecule has 0 spiro atoms. The quantitative estimate of drug-likeness (QED) is 0.468. The molecule has 0 aromatic carbocycles. The summed E-state index contributed by atoms with van der Waals surface area (Å²) in [6, 6.07) is 0. The van der Waals surface area contributed by atoms with Gasteiger partial charge in [0.15, 0.2) is 0 Å². The van der Waals surface area contributed by atoms with Crippen molar-refractivity contribution in [3.63, 3.8) is 0 Å². The van der Waals surface area contributed by atoms with E-state index >= 15 is 0 Å². The van der Waals surface area contributed by atoms with Crippen molar-refractivity contribution in [1.82, 2.24) is 0 Å². The first kappa shape index (κ1) is 14.9. The van der Waals surface area contributed by atoms with Crippen LogP contribution in [0.2, 0.25) is 0 Å². The van der Waals surface area contributed by atoms with Gasteiger partial charge in [-0.05, 0) is 25.1 Å². The van der Waals surface area contributed by atoms with Gasteiger partial charge in [-0.3, -0.25) is 4.57 Å². The Morgan fingerprint density at radius 1 is 1.07 bits per heavy atom. The summed E-state index contributed by atoms with van der Waals surface area (Å²) in [7, 11) is -2.95. The number of unbranched alkanes of at least 4 members (excludes halogenated alkanes) is 5. The minimum atomic E-state index is -2.95. The van der Waals surface area contributed by atoms with E-state index in [4.69, 9.17) is 0 Å². The van der Waals surface area contributed by atoms with Crippen molar-refractivity contribution in [2.45, 2.75) is 58.8 Å². The van der Waals surface area contributed by atoms with E-state index in [9.17, 15) is 9.46 Å². The number of hydrogen-bond donors (Lipinski definition) is 1. The Hall–Kier alpha value is -0.0700. The normalized spacial score (nSPS) is 15.7. The molecule has 0 amide bonds. The van der Waals surface area contributed by atoms with E-state index in [0.717, 1.165) is 25.7 Å². The van der Waals surface area contributed by atoms with Crippen LogP contribution >= 0.6 is 7.37 Å². The molecule has 0 radical (unpaired) electrons. The molecule has 1 N–H and O–H groups in total. The summed E-state index contributed by atoms with van der Waals surface area (Å²) in [5.74, 6) is 1.54. The van der Waals surface area contributed by atoms with Crippen molar-refractivity contribution >= 4 is 7.37 Å². The van der Waals surface area contributed by atoms with Crippen molar-refractivity contribution in [2.24, 2.45) is 0 Å². The summed E-state index contributed by atoms with van der Waals surface area (Å²) >= 11 is 0. The fourth-order valence-corrected chi connectivity index (χ4v) is 2.78. The second-order valence-electron chi connectivity index (χ2n) is 4.07. The zero-order valence-corrected chi connectivity index (χ0v) is 11.0. The van der Waals surface area contributed by atoms with E-state index in [1.165, 1.54) is 25.1 Å². The highest BCUT2D eigenvalue weighted by Gasteiger charge is 2.11. The summed E-state index contributed by atoms with van der Waals surface area (Å²) in [5.41, 5.74) is 0. The lowest BCUT2D eigenvalue weighted by molar-refractivity contribution is 0.486. The predicted octanol–water partition coefficient (Wildman–Crippen LogP) is 4.54. The standard InChI is InChI=1S/C12H25O2P/c1-3-5-7-8-9-10-12-15(13,14)11-6-4-2/h10,12H,3-9,11H2,1-2H3,(H,13,14). The van der Waals surface area contributed by atoms with Gasteiger partial charge in [-0.25, -0.2) is 0 Å². The van der Waals surface area contributed by atoms with Crippen LogP contribution in [0, 0.1) is 0 Å². The summed E-state index contributed by atoms with van der Waals surface area (Å²) in [4.78, 5) is 9.52. The van der Waals surface area contributed by atoms with E-state index in [1.807, 2.05) is 13.0 Å². The van der Waals surface area contributed by atoms with Crippen LogP contribution in [-0.4, -0.2) is 11.1 Å². The Balaban J connectivity index is 3.60. The molecule has 0 rings (SSSR count). The van der Waals surface area contributed by atoms with Crippen LogP contribution < -0.4 is 0 Å². The number of rotatable bonds is 9. The zero-order chi connectivity index (χ0) is 11.6. The highest BCUT2D eigenvalue weighted by Crippen LogP contribution is 2.43. The third-order valence-corrected chi connectivity index (χ3v) is 4.03. The molecule has 0 saturated carbocycles. The van der Waals surface area contributed by atoms with Crippen LogP contribution in [-0.2, 0) is 4.57 Å². The zero-order valence-electron chi connectivity index (χ0n) is 10.1. The van der Waals surface area contributed by atoms with Crippen molar-refractivity contribution in [1.29, 1.82) is 0 Å². The first-order chi connectivity index (χ1) is 7.12. The van der Waals surface area contributed by atoms with E-state index in [2.05, 4.69) is 6.92 Å². The second-order valence-corrected chi connectivity index (χ2v) is 6.32. The maximum atomic E-state index is 11.5. The molecule has 0 aliphatic carbocycles. The van der Waals surface area contributed by atoms with Gasteiger partial charge in [-0.1, -0.05) is 45.6 Å². The first-order valence-electron chi connectivity index (χ1n) is 6.11. The lowest BCUT2D eigenvalue weighted by atomic mass is 10.2. The summed E-state index contributed by atoms with van der Waals surface area (Å²) in [5, 5.41) is 0. The Labute approximate surface area is 94.2 Å². The third-order valence-electron chi connectivity index (χ3n) is 2.39. The van der Waals surface area contributed by atoms with Gasteiger partial charge >= 0.3 is 0 Å². The molecule has 0 aromatic rings. The lowest BCUT2D eigenvalue weighted by Crippen LogP contribution is -1.84. The Kier molecular flexibility index (Phi) is 9.13. The maximum absolute atomic E-state index is 11.5. The van der Waals surface area contributed by atoms with Crippen LogP contribution in [0.25, 0.3) is 0 Å². The van der Waals surface area contributed by atoms with E-state index < -0.39 is 7.37 Å². The minimum Gasteiger partial charge on any atom is -0.341 e. The lowest BCUT2D eigenvalue weighted by Gasteiger charge is -2.04. The fraction of sp³-hybridized carbons (Fsp3) is 0.833. The van der Waals surface area contributed by atoms with Crippen LogP contribution in [0.15, 0.2) is 11.9 Å². The molecule has 15 heavy (non-hydrogen) atoms. The van der Waals surface area contributed by atoms with E-state index in [1.54, 1.807) is 0 Å². The van der Waals surface area contributed by atoms with Crippen LogP contribution in [0.4, 0.5) is 0 Å². The topological polar surface area (TPSA) is 37.3 Å². The Bertz CT molecular complexity index is 212. The first-order valence-corrected chi connectivity index (χ1v) is 8.03. The van der Waals surface area contributed by atoms with Crippen LogP contribution in [0.3, 0.4) is 0 Å². The van der Waals surface area contributed by atoms with Crippen LogP contribution in [0.1, 0.15) is 58.8 Å². The molecule has 0 saturated heterocycles. The van der Waals surface area contributed by atoms with Gasteiger partial charge in [-0.2, -0.15) is 0 Å². The molecule has 0 fully saturated rings. The van der Waals surface area contributed by atoms with Gasteiger partial charge in [0.1, 0.15) is 0 Å². The molecular weight excluding hydrogens is 207 g/mol. The highest BCUT2D eigenvalue weighted by molar-refractivity contribution is 7.61. The molecule has 0 bridgehead atoms. The highest BCUT2D eigenvalue weighted by atomic mass is 31.2.